The predicted molar refractivity (Wildman–Crippen MR) is 99.3 cm³/mol. The summed E-state index contributed by atoms with van der Waals surface area (Å²) in [7, 11) is 0. The zero-order valence-corrected chi connectivity index (χ0v) is 14.5. The lowest BCUT2D eigenvalue weighted by molar-refractivity contribution is 0.0942. The third kappa shape index (κ3) is 2.85. The van der Waals surface area contributed by atoms with E-state index < -0.39 is 0 Å². The van der Waals surface area contributed by atoms with Crippen molar-refractivity contribution in [2.45, 2.75) is 26.1 Å². The number of thiophene rings is 1. The van der Waals surface area contributed by atoms with E-state index in [-0.39, 0.29) is 12.1 Å². The molecule has 0 fully saturated rings. The largest absolute Gasteiger partial charge is 0.353 e. The standard InChI is InChI=1S/C19H21N3OS/c1-2-22-11-10-14-15(12-22)24-19-17(14)18(23)20-16(21-19)9-8-13-6-4-3-5-7-13/h3-9,16,21H,2,10-12H2,1H3,(H,20,23)/b9-8-. The molecule has 0 saturated carbocycles. The van der Waals surface area contributed by atoms with Crippen molar-refractivity contribution in [2.24, 2.45) is 0 Å². The van der Waals surface area contributed by atoms with Crippen molar-refractivity contribution in [2.75, 3.05) is 18.4 Å². The van der Waals surface area contributed by atoms with Gasteiger partial charge in [-0.1, -0.05) is 43.3 Å². The summed E-state index contributed by atoms with van der Waals surface area (Å²) in [6, 6.07) is 10.1. The molecule has 24 heavy (non-hydrogen) atoms. The second kappa shape index (κ2) is 6.42. The van der Waals surface area contributed by atoms with Gasteiger partial charge in [0.1, 0.15) is 11.2 Å². The molecule has 2 aliphatic rings. The fourth-order valence-corrected chi connectivity index (χ4v) is 4.65. The molecular weight excluding hydrogens is 318 g/mol. The third-order valence-corrected chi connectivity index (χ3v) is 5.81. The number of amides is 1. The molecular formula is C19H21N3OS. The number of fused-ring (bicyclic) bond motifs is 3. The van der Waals surface area contributed by atoms with E-state index in [1.807, 2.05) is 30.4 Å². The molecule has 0 aliphatic carbocycles. The van der Waals surface area contributed by atoms with Gasteiger partial charge >= 0.3 is 0 Å². The van der Waals surface area contributed by atoms with Gasteiger partial charge in [0.15, 0.2) is 0 Å². The molecule has 124 valence electrons. The summed E-state index contributed by atoms with van der Waals surface area (Å²) in [5.41, 5.74) is 3.24. The van der Waals surface area contributed by atoms with E-state index in [2.05, 4.69) is 34.6 Å². The molecule has 4 nitrogen and oxygen atoms in total. The molecule has 1 atom stereocenters. The Kier molecular flexibility index (Phi) is 4.12. The fourth-order valence-electron chi connectivity index (χ4n) is 3.33. The maximum Gasteiger partial charge on any atom is 0.256 e. The topological polar surface area (TPSA) is 44.4 Å². The van der Waals surface area contributed by atoms with Gasteiger partial charge in [0.05, 0.1) is 5.56 Å². The van der Waals surface area contributed by atoms with Gasteiger partial charge in [-0.15, -0.1) is 11.3 Å². The van der Waals surface area contributed by atoms with Gasteiger partial charge in [0, 0.05) is 18.0 Å². The van der Waals surface area contributed by atoms with Crippen molar-refractivity contribution in [3.63, 3.8) is 0 Å². The van der Waals surface area contributed by atoms with Crippen LogP contribution in [0.4, 0.5) is 5.00 Å². The van der Waals surface area contributed by atoms with Crippen LogP contribution >= 0.6 is 11.3 Å². The van der Waals surface area contributed by atoms with Crippen molar-refractivity contribution < 1.29 is 4.79 Å². The van der Waals surface area contributed by atoms with Crippen LogP contribution in [0.2, 0.25) is 0 Å². The van der Waals surface area contributed by atoms with Crippen LogP contribution in [-0.2, 0) is 13.0 Å². The summed E-state index contributed by atoms with van der Waals surface area (Å²) < 4.78 is 0. The van der Waals surface area contributed by atoms with Crippen LogP contribution in [0.15, 0.2) is 36.4 Å². The van der Waals surface area contributed by atoms with Gasteiger partial charge in [0.2, 0.25) is 0 Å². The molecule has 0 spiro atoms. The first kappa shape index (κ1) is 15.4. The molecule has 0 bridgehead atoms. The van der Waals surface area contributed by atoms with Crippen LogP contribution in [0.5, 0.6) is 0 Å². The van der Waals surface area contributed by atoms with E-state index >= 15 is 0 Å². The van der Waals surface area contributed by atoms with Crippen LogP contribution in [0.25, 0.3) is 6.08 Å². The molecule has 1 aromatic carbocycles. The Labute approximate surface area is 146 Å². The number of rotatable bonds is 3. The first-order valence-corrected chi connectivity index (χ1v) is 9.24. The van der Waals surface area contributed by atoms with Gasteiger partial charge in [-0.25, -0.2) is 0 Å². The summed E-state index contributed by atoms with van der Waals surface area (Å²) >= 11 is 1.74. The van der Waals surface area contributed by atoms with Gasteiger partial charge in [0.25, 0.3) is 5.91 Å². The van der Waals surface area contributed by atoms with E-state index in [4.69, 9.17) is 0 Å². The lowest BCUT2D eigenvalue weighted by Crippen LogP contribution is -2.43. The van der Waals surface area contributed by atoms with E-state index in [0.717, 1.165) is 42.2 Å². The summed E-state index contributed by atoms with van der Waals surface area (Å²) in [6.45, 7) is 5.25. The molecule has 2 N–H and O–H groups in total. The van der Waals surface area contributed by atoms with Crippen LogP contribution < -0.4 is 10.6 Å². The highest BCUT2D eigenvalue weighted by Crippen LogP contribution is 2.38. The number of benzene rings is 1. The van der Waals surface area contributed by atoms with E-state index in [1.165, 1.54) is 10.4 Å². The Morgan fingerprint density at radius 3 is 2.92 bits per heavy atom. The number of hydrogen-bond acceptors (Lipinski definition) is 4. The minimum Gasteiger partial charge on any atom is -0.353 e. The Hall–Kier alpha value is -2.11. The first-order valence-electron chi connectivity index (χ1n) is 8.42. The molecule has 2 aromatic rings. The van der Waals surface area contributed by atoms with Crippen molar-refractivity contribution >= 4 is 28.3 Å². The minimum absolute atomic E-state index is 0.0499. The second-order valence-electron chi connectivity index (χ2n) is 6.19. The number of nitrogens with one attached hydrogen (secondary N) is 2. The Bertz CT molecular complexity index is 781. The maximum atomic E-state index is 12.6. The number of carbonyl (C=O) groups is 1. The number of likely N-dealkylation sites (N-methyl/N-ethyl adjacent to an activating group) is 1. The molecule has 1 aromatic heterocycles. The van der Waals surface area contributed by atoms with Gasteiger partial charge in [-0.05, 0) is 30.2 Å². The van der Waals surface area contributed by atoms with Crippen molar-refractivity contribution in [3.8, 4) is 0 Å². The Morgan fingerprint density at radius 2 is 2.12 bits per heavy atom. The predicted octanol–water partition coefficient (Wildman–Crippen LogP) is 3.32. The third-order valence-electron chi connectivity index (χ3n) is 4.66. The van der Waals surface area contributed by atoms with Crippen molar-refractivity contribution in [1.29, 1.82) is 0 Å². The molecule has 4 rings (SSSR count). The van der Waals surface area contributed by atoms with Crippen molar-refractivity contribution in [3.05, 3.63) is 58.0 Å². The summed E-state index contributed by atoms with van der Waals surface area (Å²) in [5.74, 6) is 0.0499. The lowest BCUT2D eigenvalue weighted by Gasteiger charge is -2.26. The molecule has 0 saturated heterocycles. The zero-order chi connectivity index (χ0) is 16.5. The SMILES string of the molecule is CCN1CCc2c(sc3c2C(=O)NC(/C=C\c2ccccc2)N3)C1. The first-order chi connectivity index (χ1) is 11.7. The maximum absolute atomic E-state index is 12.6. The summed E-state index contributed by atoms with van der Waals surface area (Å²) in [4.78, 5) is 16.4. The Morgan fingerprint density at radius 1 is 1.29 bits per heavy atom. The molecule has 0 radical (unpaired) electrons. The fraction of sp³-hybridized carbons (Fsp3) is 0.316. The molecule has 1 unspecified atom stereocenters. The molecule has 2 aliphatic heterocycles. The summed E-state index contributed by atoms with van der Waals surface area (Å²) in [5, 5.41) is 7.55. The van der Waals surface area contributed by atoms with Crippen LogP contribution in [0, 0.1) is 0 Å². The van der Waals surface area contributed by atoms with Gasteiger partial charge < -0.3 is 10.6 Å². The number of hydrogen-bond donors (Lipinski definition) is 2. The lowest BCUT2D eigenvalue weighted by atomic mass is 10.0. The van der Waals surface area contributed by atoms with Gasteiger partial charge in [-0.2, -0.15) is 0 Å². The van der Waals surface area contributed by atoms with E-state index in [0.29, 0.717) is 0 Å². The number of carbonyl (C=O) groups excluding carboxylic acids is 1. The number of anilines is 1. The highest BCUT2D eigenvalue weighted by atomic mass is 32.1. The van der Waals surface area contributed by atoms with Crippen LogP contribution in [-0.4, -0.2) is 30.1 Å². The van der Waals surface area contributed by atoms with Crippen LogP contribution in [0.3, 0.4) is 0 Å². The molecule has 5 heteroatoms. The van der Waals surface area contributed by atoms with E-state index in [9.17, 15) is 4.79 Å². The Balaban J connectivity index is 1.56. The zero-order valence-electron chi connectivity index (χ0n) is 13.7. The molecule has 1 amide bonds. The van der Waals surface area contributed by atoms with Gasteiger partial charge in [-0.3, -0.25) is 9.69 Å². The minimum atomic E-state index is -0.160. The normalized spacial score (nSPS) is 20.4. The number of nitrogens with zero attached hydrogens (tertiary/aromatic N) is 1. The smallest absolute Gasteiger partial charge is 0.256 e. The quantitative estimate of drug-likeness (QED) is 0.902. The monoisotopic (exact) mass is 339 g/mol. The second-order valence-corrected chi connectivity index (χ2v) is 7.30. The highest BCUT2D eigenvalue weighted by molar-refractivity contribution is 7.16. The van der Waals surface area contributed by atoms with Crippen LogP contribution in [0.1, 0.15) is 33.3 Å². The average Bonchev–Trinajstić information content (AvgIpc) is 2.98. The highest BCUT2D eigenvalue weighted by Gasteiger charge is 2.31. The molecule has 3 heterocycles. The van der Waals surface area contributed by atoms with E-state index in [1.54, 1.807) is 11.3 Å². The average molecular weight is 339 g/mol. The van der Waals surface area contributed by atoms with Crippen molar-refractivity contribution in [1.82, 2.24) is 10.2 Å². The summed E-state index contributed by atoms with van der Waals surface area (Å²) in [6.07, 6.45) is 4.85.